The van der Waals surface area contributed by atoms with Gasteiger partial charge in [-0.25, -0.2) is 0 Å². The van der Waals surface area contributed by atoms with Crippen molar-refractivity contribution in [2.75, 3.05) is 9.80 Å². The van der Waals surface area contributed by atoms with Gasteiger partial charge in [0.05, 0.1) is 0 Å². The number of benzene rings is 4. The maximum Gasteiger partial charge on any atom is 0.259 e. The molecule has 3 aliphatic heterocycles. The first kappa shape index (κ1) is 47.0. The highest BCUT2D eigenvalue weighted by Crippen LogP contribution is 2.66. The van der Waals surface area contributed by atoms with Crippen molar-refractivity contribution in [3.05, 3.63) is 110 Å². The molecule has 11 rings (SSSR count). The van der Waals surface area contributed by atoms with Gasteiger partial charge in [0.1, 0.15) is 0 Å². The Morgan fingerprint density at radius 2 is 0.868 bits per heavy atom. The Balaban J connectivity index is 1.29. The quantitative estimate of drug-likeness (QED) is 0.185. The maximum atomic E-state index is 2.89. The first-order valence-electron chi connectivity index (χ1n) is 27.0. The number of fused-ring (bicyclic) bond motifs is 8. The molecule has 3 heterocycles. The number of hydrogen-bond donors (Lipinski definition) is 0. The van der Waals surface area contributed by atoms with E-state index in [4.69, 9.17) is 0 Å². The topological polar surface area (TPSA) is 6.48 Å². The zero-order valence-corrected chi connectivity index (χ0v) is 46.8. The van der Waals surface area contributed by atoms with Gasteiger partial charge in [0, 0.05) is 45.3 Å². The van der Waals surface area contributed by atoms with Crippen molar-refractivity contribution in [3.63, 3.8) is 0 Å². The van der Waals surface area contributed by atoms with Gasteiger partial charge in [-0.05, 0) is 197 Å². The number of thioether (sulfide) groups is 1. The van der Waals surface area contributed by atoms with Gasteiger partial charge >= 0.3 is 0 Å². The summed E-state index contributed by atoms with van der Waals surface area (Å²) in [6, 6.07) is 26.3. The first-order chi connectivity index (χ1) is 31.3. The lowest BCUT2D eigenvalue weighted by Crippen LogP contribution is -2.56. The summed E-state index contributed by atoms with van der Waals surface area (Å²) in [4.78, 5) is 7.31. The van der Waals surface area contributed by atoms with E-state index in [1.54, 1.807) is 32.8 Å². The van der Waals surface area contributed by atoms with E-state index in [1.165, 1.54) is 107 Å². The van der Waals surface area contributed by atoms with E-state index in [2.05, 4.69) is 214 Å². The Kier molecular flexibility index (Phi) is 9.81. The second-order valence-electron chi connectivity index (χ2n) is 29.7. The molecule has 4 aliphatic carbocycles. The van der Waals surface area contributed by atoms with Gasteiger partial charge in [0.2, 0.25) is 0 Å². The molecule has 2 atom stereocenters. The molecule has 0 amide bonds. The van der Waals surface area contributed by atoms with E-state index in [0.717, 1.165) is 0 Å². The molecule has 4 aromatic rings. The fourth-order valence-electron chi connectivity index (χ4n) is 14.8. The lowest BCUT2D eigenvalue weighted by atomic mass is 9.35. The van der Waals surface area contributed by atoms with Crippen molar-refractivity contribution in [1.82, 2.24) is 0 Å². The van der Waals surface area contributed by atoms with Gasteiger partial charge in [0.15, 0.2) is 0 Å². The minimum absolute atomic E-state index is 0.0715. The van der Waals surface area contributed by atoms with Crippen LogP contribution >= 0.6 is 11.8 Å². The third kappa shape index (κ3) is 6.69. The zero-order chi connectivity index (χ0) is 49.1. The average molecular weight is 925 g/mol. The summed E-state index contributed by atoms with van der Waals surface area (Å²) < 4.78 is 0. The van der Waals surface area contributed by atoms with Crippen LogP contribution in [0, 0.1) is 16.7 Å². The molecule has 0 N–H and O–H groups in total. The van der Waals surface area contributed by atoms with Crippen molar-refractivity contribution in [2.45, 2.75) is 226 Å². The second-order valence-corrected chi connectivity index (χ2v) is 30.9. The lowest BCUT2D eigenvalue weighted by molar-refractivity contribution is 0.0881. The van der Waals surface area contributed by atoms with E-state index in [9.17, 15) is 0 Å². The molecular weight excluding hydrogens is 840 g/mol. The highest BCUT2D eigenvalue weighted by atomic mass is 32.2. The third-order valence-electron chi connectivity index (χ3n) is 20.1. The van der Waals surface area contributed by atoms with Crippen LogP contribution in [-0.2, 0) is 37.9 Å². The molecule has 0 aromatic heterocycles. The van der Waals surface area contributed by atoms with Crippen LogP contribution in [-0.4, -0.2) is 12.0 Å². The Bertz CT molecular complexity index is 2850. The molecule has 2 unspecified atom stereocenters. The molecule has 0 bridgehead atoms. The molecule has 2 nitrogen and oxygen atoms in total. The Morgan fingerprint density at radius 1 is 0.456 bits per heavy atom. The van der Waals surface area contributed by atoms with Gasteiger partial charge in [-0.1, -0.05) is 150 Å². The van der Waals surface area contributed by atoms with Gasteiger partial charge in [0.25, 0.3) is 6.71 Å². The fourth-order valence-corrected chi connectivity index (χ4v) is 16.9. The van der Waals surface area contributed by atoms with E-state index in [1.807, 2.05) is 0 Å². The number of nitrogens with zero attached hydrogens (tertiary/aromatic N) is 2. The third-order valence-corrected chi connectivity index (χ3v) is 22.0. The van der Waals surface area contributed by atoms with E-state index in [-0.39, 0.29) is 55.4 Å². The van der Waals surface area contributed by atoms with Crippen molar-refractivity contribution >= 4 is 57.8 Å². The van der Waals surface area contributed by atoms with Crippen LogP contribution < -0.4 is 20.7 Å². The Hall–Kier alpha value is -3.37. The predicted octanol–water partition coefficient (Wildman–Crippen LogP) is 16.9. The summed E-state index contributed by atoms with van der Waals surface area (Å²) in [5, 5.41) is 0.493. The molecule has 0 radical (unpaired) electrons. The maximum absolute atomic E-state index is 2.89. The molecule has 7 aliphatic rings. The van der Waals surface area contributed by atoms with Gasteiger partial charge < -0.3 is 9.80 Å². The molecule has 1 saturated carbocycles. The Labute approximate surface area is 418 Å². The van der Waals surface area contributed by atoms with Crippen LogP contribution in [0.15, 0.2) is 71.2 Å². The summed E-state index contributed by atoms with van der Waals surface area (Å²) >= 11 is 2.30. The molecule has 4 heteroatoms. The van der Waals surface area contributed by atoms with Gasteiger partial charge in [-0.15, -0.1) is 11.8 Å². The van der Waals surface area contributed by atoms with Gasteiger partial charge in [-0.3, -0.25) is 0 Å². The zero-order valence-electron chi connectivity index (χ0n) is 46.0. The smallest absolute Gasteiger partial charge is 0.259 e. The van der Waals surface area contributed by atoms with Crippen LogP contribution in [0.4, 0.5) is 28.4 Å². The van der Waals surface area contributed by atoms with Crippen molar-refractivity contribution in [2.24, 2.45) is 16.7 Å². The highest BCUT2D eigenvalue weighted by molar-refractivity contribution is 8.06. The minimum Gasteiger partial charge on any atom is -0.314 e. The summed E-state index contributed by atoms with van der Waals surface area (Å²) in [5.41, 5.74) is 23.1. The van der Waals surface area contributed by atoms with Crippen LogP contribution in [0.5, 0.6) is 0 Å². The van der Waals surface area contributed by atoms with E-state index >= 15 is 0 Å². The molecule has 4 aromatic carbocycles. The van der Waals surface area contributed by atoms with Crippen molar-refractivity contribution in [1.29, 1.82) is 0 Å². The fraction of sp³-hybridized carbons (Fsp3) is 0.594. The Morgan fingerprint density at radius 3 is 1.35 bits per heavy atom. The van der Waals surface area contributed by atoms with E-state index in [0.29, 0.717) is 11.2 Å². The number of rotatable bonds is 2. The summed E-state index contributed by atoms with van der Waals surface area (Å²) in [5.74, 6) is 0.419. The van der Waals surface area contributed by atoms with Crippen LogP contribution in [0.1, 0.15) is 222 Å². The molecule has 68 heavy (non-hydrogen) atoms. The number of allylic oxidation sites excluding steroid dienone is 1. The average Bonchev–Trinajstić information content (AvgIpc) is 3.67. The van der Waals surface area contributed by atoms with E-state index < -0.39 is 0 Å². The largest absolute Gasteiger partial charge is 0.314 e. The summed E-state index contributed by atoms with van der Waals surface area (Å²) in [6.45, 7) is 48.0. The molecule has 1 fully saturated rings. The molecule has 0 spiro atoms. The highest BCUT2D eigenvalue weighted by Gasteiger charge is 2.60. The predicted molar refractivity (Wildman–Crippen MR) is 298 cm³/mol. The number of hydrogen-bond acceptors (Lipinski definition) is 3. The van der Waals surface area contributed by atoms with Crippen LogP contribution in [0.3, 0.4) is 0 Å². The summed E-state index contributed by atoms with van der Waals surface area (Å²) in [7, 11) is 0. The lowest BCUT2D eigenvalue weighted by Gasteiger charge is -2.52. The number of anilines is 5. The molecule has 0 saturated heterocycles. The summed E-state index contributed by atoms with van der Waals surface area (Å²) in [6.07, 6.45) is 9.78. The van der Waals surface area contributed by atoms with Crippen LogP contribution in [0.2, 0.25) is 0 Å². The normalized spacial score (nSPS) is 26.7. The van der Waals surface area contributed by atoms with Crippen molar-refractivity contribution in [3.8, 4) is 0 Å². The molecule has 360 valence electrons. The SMILES string of the molecule is CC(C)(C)c1cc2c3c(c1)N(c1ccc4c(c1)C(C)(C)CCC4(C)C)c1cc4c(cc1B3C1=C(C3C(S1)C(C)(C)CCC3(C)C)N2c1ccc2c(c1)C(C)(C)CCC2(C)C)C(C)(C)CCC4(C)C. The van der Waals surface area contributed by atoms with Gasteiger partial charge in [-0.2, -0.15) is 0 Å². The molecular formula is C64H85BN2S. The van der Waals surface area contributed by atoms with Crippen molar-refractivity contribution < 1.29 is 0 Å². The van der Waals surface area contributed by atoms with Crippen LogP contribution in [0.25, 0.3) is 0 Å². The first-order valence-corrected chi connectivity index (χ1v) is 27.8. The monoisotopic (exact) mass is 925 g/mol. The second kappa shape index (κ2) is 14.2. The standard InChI is InChI=1S/C64H85BN2S/c1-56(2,3)38-32-49-52-50(33-38)67(40-21-23-42-44(35-40)60(10,11)27-25-58(42,6)7)53-51-54(64(18,19)31-30-63(51,16)17)68-55(53)65(52)47-36-45-46(62(14,15)29-28-61(45,12)13)37-48(47)66(49)39-20-22-41-43(34-39)59(8,9)26-24-57(41,4)5/h20-23,32-37,51,54H,24-31H2,1-19H3. The minimum atomic E-state index is -0.0715.